The van der Waals surface area contributed by atoms with Crippen LogP contribution in [0.15, 0.2) is 23.1 Å². The molecule has 0 aliphatic heterocycles. The van der Waals surface area contributed by atoms with E-state index in [2.05, 4.69) is 33.8 Å². The van der Waals surface area contributed by atoms with E-state index in [-0.39, 0.29) is 5.56 Å². The largest absolute Gasteiger partial charge is 0.307 e. The fourth-order valence-corrected chi connectivity index (χ4v) is 2.82. The van der Waals surface area contributed by atoms with E-state index >= 15 is 0 Å². The molecule has 0 fully saturated rings. The van der Waals surface area contributed by atoms with Crippen molar-refractivity contribution in [2.75, 3.05) is 0 Å². The molecular formula is C12H11IN2O. The fraction of sp³-hybridized carbons (Fsp3) is 0.333. The summed E-state index contributed by atoms with van der Waals surface area (Å²) in [5.74, 6) is 0. The first kappa shape index (κ1) is 10.3. The van der Waals surface area contributed by atoms with Crippen molar-refractivity contribution in [1.29, 1.82) is 0 Å². The standard InChI is InChI=1S/C12H11IN2O/c13-11-6-5-10-12(16)14-9-4-2-1-3-8(9)7-15(10)11/h5-7H,1-4H2. The van der Waals surface area contributed by atoms with Gasteiger partial charge in [0.2, 0.25) is 0 Å². The van der Waals surface area contributed by atoms with Crippen molar-refractivity contribution >= 4 is 28.1 Å². The number of nitrogens with zero attached hydrogens (tertiary/aromatic N) is 2. The van der Waals surface area contributed by atoms with Gasteiger partial charge in [-0.2, -0.15) is 0 Å². The lowest BCUT2D eigenvalue weighted by Crippen LogP contribution is -2.09. The Labute approximate surface area is 107 Å². The van der Waals surface area contributed by atoms with E-state index < -0.39 is 0 Å². The Bertz CT molecular complexity index is 618. The smallest absolute Gasteiger partial charge is 0.294 e. The molecule has 0 amide bonds. The molecule has 2 aromatic rings. The molecule has 0 radical (unpaired) electrons. The molecule has 1 aliphatic rings. The van der Waals surface area contributed by atoms with E-state index in [4.69, 9.17) is 0 Å². The number of fused-ring (bicyclic) bond motifs is 2. The summed E-state index contributed by atoms with van der Waals surface area (Å²) in [5, 5.41) is 0. The topological polar surface area (TPSA) is 34.4 Å². The number of hydrogen-bond acceptors (Lipinski definition) is 2. The van der Waals surface area contributed by atoms with Gasteiger partial charge in [-0.3, -0.25) is 4.79 Å². The molecule has 82 valence electrons. The summed E-state index contributed by atoms with van der Waals surface area (Å²) in [7, 11) is 0. The van der Waals surface area contributed by atoms with Gasteiger partial charge in [0.25, 0.3) is 5.56 Å². The highest BCUT2D eigenvalue weighted by Gasteiger charge is 2.12. The normalized spacial score (nSPS) is 15.1. The van der Waals surface area contributed by atoms with Gasteiger partial charge in [-0.05, 0) is 66.0 Å². The maximum Gasteiger partial charge on any atom is 0.294 e. The molecular weight excluding hydrogens is 315 g/mol. The van der Waals surface area contributed by atoms with Crippen molar-refractivity contribution < 1.29 is 0 Å². The molecule has 2 aromatic heterocycles. The van der Waals surface area contributed by atoms with Gasteiger partial charge in [0.1, 0.15) is 5.52 Å². The number of hydrogen-bond donors (Lipinski definition) is 0. The first-order valence-electron chi connectivity index (χ1n) is 5.45. The predicted octanol–water partition coefficient (Wildman–Crippen LogP) is 2.18. The fourth-order valence-electron chi connectivity index (χ4n) is 2.24. The van der Waals surface area contributed by atoms with Gasteiger partial charge in [-0.1, -0.05) is 0 Å². The Morgan fingerprint density at radius 3 is 2.94 bits per heavy atom. The van der Waals surface area contributed by atoms with Crippen molar-refractivity contribution in [1.82, 2.24) is 9.38 Å². The lowest BCUT2D eigenvalue weighted by molar-refractivity contribution is 0.667. The average molecular weight is 326 g/mol. The molecule has 3 nitrogen and oxygen atoms in total. The molecule has 4 heteroatoms. The zero-order valence-corrected chi connectivity index (χ0v) is 10.9. The SMILES string of the molecule is O=c1nc2c(cn3c(I)ccc13)CCCC2. The van der Waals surface area contributed by atoms with E-state index in [1.165, 1.54) is 12.0 Å². The van der Waals surface area contributed by atoms with Crippen LogP contribution in [0.25, 0.3) is 5.52 Å². The summed E-state index contributed by atoms with van der Waals surface area (Å²) in [5.41, 5.74) is 2.80. The third-order valence-corrected chi connectivity index (χ3v) is 3.97. The van der Waals surface area contributed by atoms with E-state index in [0.29, 0.717) is 5.52 Å². The van der Waals surface area contributed by atoms with Crippen LogP contribution >= 0.6 is 22.6 Å². The summed E-state index contributed by atoms with van der Waals surface area (Å²) >= 11 is 2.24. The zero-order valence-electron chi connectivity index (χ0n) is 8.74. The molecule has 0 saturated carbocycles. The minimum Gasteiger partial charge on any atom is -0.307 e. The lowest BCUT2D eigenvalue weighted by atomic mass is 9.98. The van der Waals surface area contributed by atoms with Gasteiger partial charge >= 0.3 is 0 Å². The molecule has 0 unspecified atom stereocenters. The van der Waals surface area contributed by atoms with Crippen LogP contribution in [-0.2, 0) is 12.8 Å². The first-order chi connectivity index (χ1) is 7.75. The Hall–Kier alpha value is -0.910. The summed E-state index contributed by atoms with van der Waals surface area (Å²) in [4.78, 5) is 16.2. The van der Waals surface area contributed by atoms with Crippen molar-refractivity contribution in [2.24, 2.45) is 0 Å². The molecule has 0 atom stereocenters. The highest BCUT2D eigenvalue weighted by Crippen LogP contribution is 2.19. The van der Waals surface area contributed by atoms with Gasteiger partial charge < -0.3 is 4.40 Å². The van der Waals surface area contributed by atoms with Crippen LogP contribution in [0, 0.1) is 3.70 Å². The molecule has 3 rings (SSSR count). The summed E-state index contributed by atoms with van der Waals surface area (Å²) in [6.07, 6.45) is 6.42. The summed E-state index contributed by atoms with van der Waals surface area (Å²) in [6, 6.07) is 3.80. The lowest BCUT2D eigenvalue weighted by Gasteiger charge is -2.10. The Balaban J connectivity index is 2.44. The van der Waals surface area contributed by atoms with E-state index in [1.54, 1.807) is 0 Å². The van der Waals surface area contributed by atoms with Crippen LogP contribution in [0.4, 0.5) is 0 Å². The molecule has 0 spiro atoms. The number of aryl methyl sites for hydroxylation is 2. The second kappa shape index (κ2) is 3.84. The third-order valence-electron chi connectivity index (χ3n) is 3.09. The number of rotatable bonds is 0. The maximum absolute atomic E-state index is 11.9. The van der Waals surface area contributed by atoms with Crippen molar-refractivity contribution in [3.8, 4) is 0 Å². The zero-order chi connectivity index (χ0) is 11.1. The Morgan fingerprint density at radius 2 is 2.06 bits per heavy atom. The quantitative estimate of drug-likeness (QED) is 0.696. The molecule has 2 heterocycles. The highest BCUT2D eigenvalue weighted by atomic mass is 127. The van der Waals surface area contributed by atoms with Crippen LogP contribution in [0.1, 0.15) is 24.1 Å². The predicted molar refractivity (Wildman–Crippen MR) is 70.8 cm³/mol. The molecule has 0 N–H and O–H groups in total. The Kier molecular flexibility index (Phi) is 2.46. The number of halogens is 1. The molecule has 0 bridgehead atoms. The van der Waals surface area contributed by atoms with Crippen LogP contribution in [0.2, 0.25) is 0 Å². The third kappa shape index (κ3) is 1.55. The second-order valence-electron chi connectivity index (χ2n) is 4.14. The van der Waals surface area contributed by atoms with Gasteiger partial charge in [0.15, 0.2) is 0 Å². The van der Waals surface area contributed by atoms with Crippen LogP contribution in [0.3, 0.4) is 0 Å². The minimum absolute atomic E-state index is 0.105. The molecule has 0 saturated heterocycles. The van der Waals surface area contributed by atoms with Gasteiger partial charge in [-0.15, -0.1) is 0 Å². The van der Waals surface area contributed by atoms with Crippen LogP contribution in [-0.4, -0.2) is 9.38 Å². The Morgan fingerprint density at radius 1 is 1.25 bits per heavy atom. The molecule has 16 heavy (non-hydrogen) atoms. The summed E-state index contributed by atoms with van der Waals surface area (Å²) in [6.45, 7) is 0. The van der Waals surface area contributed by atoms with Crippen molar-refractivity contribution in [2.45, 2.75) is 25.7 Å². The van der Waals surface area contributed by atoms with E-state index in [9.17, 15) is 4.79 Å². The average Bonchev–Trinajstić information content (AvgIpc) is 2.57. The molecule has 0 aromatic carbocycles. The van der Waals surface area contributed by atoms with Crippen molar-refractivity contribution in [3.05, 3.63) is 43.6 Å². The first-order valence-corrected chi connectivity index (χ1v) is 6.53. The van der Waals surface area contributed by atoms with Gasteiger partial charge in [0.05, 0.1) is 3.70 Å². The van der Waals surface area contributed by atoms with Crippen molar-refractivity contribution in [3.63, 3.8) is 0 Å². The van der Waals surface area contributed by atoms with E-state index in [1.807, 2.05) is 16.5 Å². The number of aromatic nitrogens is 2. The van der Waals surface area contributed by atoms with Crippen LogP contribution in [0.5, 0.6) is 0 Å². The monoisotopic (exact) mass is 326 g/mol. The van der Waals surface area contributed by atoms with Crippen LogP contribution < -0.4 is 5.56 Å². The maximum atomic E-state index is 11.9. The molecule has 1 aliphatic carbocycles. The highest BCUT2D eigenvalue weighted by molar-refractivity contribution is 14.1. The van der Waals surface area contributed by atoms with E-state index in [0.717, 1.165) is 28.7 Å². The van der Waals surface area contributed by atoms with Gasteiger partial charge in [-0.25, -0.2) is 4.98 Å². The minimum atomic E-state index is -0.105. The second-order valence-corrected chi connectivity index (χ2v) is 5.24. The van der Waals surface area contributed by atoms with Gasteiger partial charge in [0, 0.05) is 11.9 Å². The summed E-state index contributed by atoms with van der Waals surface area (Å²) < 4.78 is 3.02.